The van der Waals surface area contributed by atoms with E-state index in [1.165, 1.54) is 43.1 Å². The molecule has 0 aliphatic heterocycles. The van der Waals surface area contributed by atoms with E-state index in [0.29, 0.717) is 17.5 Å². The third kappa shape index (κ3) is 6.36. The van der Waals surface area contributed by atoms with Gasteiger partial charge in [0.25, 0.3) is 0 Å². The number of hydrogen-bond acceptors (Lipinski definition) is 5. The van der Waals surface area contributed by atoms with Crippen LogP contribution in [0, 0.1) is 0 Å². The van der Waals surface area contributed by atoms with Crippen LogP contribution in [-0.2, 0) is 0 Å². The summed E-state index contributed by atoms with van der Waals surface area (Å²) >= 11 is 0. The molecule has 0 amide bonds. The lowest BCUT2D eigenvalue weighted by Crippen LogP contribution is -2.03. The zero-order chi connectivity index (χ0) is 44.7. The molecule has 0 fully saturated rings. The Morgan fingerprint density at radius 1 is 0.221 bits per heavy atom. The quantitative estimate of drug-likeness (QED) is 0.161. The van der Waals surface area contributed by atoms with Crippen LogP contribution < -0.4 is 0 Å². The summed E-state index contributed by atoms with van der Waals surface area (Å²) in [6.07, 6.45) is 3.69. The summed E-state index contributed by atoms with van der Waals surface area (Å²) in [4.78, 5) is 26.5. The lowest BCUT2D eigenvalue weighted by atomic mass is 9.92. The Bertz CT molecular complexity index is 4020. The number of benzene rings is 11. The van der Waals surface area contributed by atoms with E-state index in [9.17, 15) is 0 Å². The minimum atomic E-state index is 0.546. The second-order valence-electron chi connectivity index (χ2n) is 17.7. The molecule has 0 bridgehead atoms. The molecule has 3 aromatic heterocycles. The van der Waals surface area contributed by atoms with Gasteiger partial charge in [-0.05, 0) is 166 Å². The first-order valence-electron chi connectivity index (χ1n) is 22.9. The van der Waals surface area contributed by atoms with Gasteiger partial charge in [-0.15, -0.1) is 0 Å². The van der Waals surface area contributed by atoms with Crippen molar-refractivity contribution in [1.29, 1.82) is 0 Å². The van der Waals surface area contributed by atoms with E-state index in [4.69, 9.17) is 24.9 Å². The molecule has 0 aliphatic carbocycles. The molecule has 68 heavy (non-hydrogen) atoms. The summed E-state index contributed by atoms with van der Waals surface area (Å²) in [5.74, 6) is 1.65. The summed E-state index contributed by atoms with van der Waals surface area (Å²) < 4.78 is 0. The Balaban J connectivity index is 1.07. The molecule has 314 valence electrons. The van der Waals surface area contributed by atoms with Gasteiger partial charge in [0, 0.05) is 28.7 Å². The van der Waals surface area contributed by atoms with E-state index in [2.05, 4.69) is 200 Å². The molecule has 0 radical (unpaired) electrons. The first-order chi connectivity index (χ1) is 33.6. The normalized spacial score (nSPS) is 11.8. The van der Waals surface area contributed by atoms with E-state index in [-0.39, 0.29) is 0 Å². The van der Waals surface area contributed by atoms with Gasteiger partial charge in [0.05, 0.1) is 22.2 Å². The lowest BCUT2D eigenvalue weighted by Gasteiger charge is -2.16. The van der Waals surface area contributed by atoms with Gasteiger partial charge in [-0.25, -0.2) is 15.0 Å². The molecule has 5 nitrogen and oxygen atoms in total. The molecule has 0 N–H and O–H groups in total. The topological polar surface area (TPSA) is 64.5 Å². The van der Waals surface area contributed by atoms with E-state index < -0.39 is 0 Å². The van der Waals surface area contributed by atoms with Crippen LogP contribution in [0.25, 0.3) is 143 Å². The van der Waals surface area contributed by atoms with Crippen LogP contribution in [0.2, 0.25) is 0 Å². The highest BCUT2D eigenvalue weighted by atomic mass is 15.0. The summed E-state index contributed by atoms with van der Waals surface area (Å²) in [6, 6.07) is 76.0. The largest absolute Gasteiger partial charge is 0.255 e. The second-order valence-corrected chi connectivity index (χ2v) is 17.7. The van der Waals surface area contributed by atoms with Crippen molar-refractivity contribution < 1.29 is 0 Å². The SMILES string of the molecule is c1ccc2cc3cc(-c4cc(-c5ccc6cc7ccccc7cc6c5)cc(-c5nc(-c6c7ccccc7cc7cccnc67)nc(-c6c7ccccc7cc7cccnc67)n5)c4)ccc3cc2c1. The molecule has 0 aliphatic rings. The first-order valence-corrected chi connectivity index (χ1v) is 22.9. The van der Waals surface area contributed by atoms with Crippen molar-refractivity contribution in [3.63, 3.8) is 0 Å². The average Bonchev–Trinajstić information content (AvgIpc) is 3.39. The van der Waals surface area contributed by atoms with Crippen LogP contribution >= 0.6 is 0 Å². The molecule has 14 aromatic rings. The highest BCUT2D eigenvalue weighted by Gasteiger charge is 2.22. The fraction of sp³-hybridized carbons (Fsp3) is 0. The number of hydrogen-bond donors (Lipinski definition) is 0. The Kier molecular flexibility index (Phi) is 8.52. The van der Waals surface area contributed by atoms with Crippen molar-refractivity contribution in [2.45, 2.75) is 0 Å². The smallest absolute Gasteiger partial charge is 0.166 e. The van der Waals surface area contributed by atoms with Gasteiger partial charge in [-0.3, -0.25) is 9.97 Å². The number of rotatable bonds is 5. The fourth-order valence-electron chi connectivity index (χ4n) is 10.3. The summed E-state index contributed by atoms with van der Waals surface area (Å²) in [7, 11) is 0. The van der Waals surface area contributed by atoms with Crippen molar-refractivity contribution in [3.8, 4) is 56.4 Å². The van der Waals surface area contributed by atoms with Crippen LogP contribution in [-0.4, -0.2) is 24.9 Å². The molecule has 3 heterocycles. The highest BCUT2D eigenvalue weighted by Crippen LogP contribution is 2.41. The summed E-state index contributed by atoms with van der Waals surface area (Å²) in [5, 5.41) is 15.9. The average molecular weight is 864 g/mol. The minimum absolute atomic E-state index is 0.546. The zero-order valence-corrected chi connectivity index (χ0v) is 36.6. The maximum atomic E-state index is 5.51. The highest BCUT2D eigenvalue weighted by molar-refractivity contribution is 6.12. The van der Waals surface area contributed by atoms with E-state index in [1.807, 2.05) is 24.5 Å². The molecular weight excluding hydrogens is 827 g/mol. The molecular formula is C63H37N5. The number of aromatic nitrogens is 5. The van der Waals surface area contributed by atoms with E-state index in [0.717, 1.165) is 82.3 Å². The van der Waals surface area contributed by atoms with Gasteiger partial charge in [-0.1, -0.05) is 133 Å². The molecule has 0 spiro atoms. The van der Waals surface area contributed by atoms with Crippen molar-refractivity contribution in [1.82, 2.24) is 24.9 Å². The third-order valence-electron chi connectivity index (χ3n) is 13.6. The van der Waals surface area contributed by atoms with Crippen molar-refractivity contribution >= 4 is 86.4 Å². The first kappa shape index (κ1) is 38.1. The van der Waals surface area contributed by atoms with Crippen molar-refractivity contribution in [2.75, 3.05) is 0 Å². The summed E-state index contributed by atoms with van der Waals surface area (Å²) in [5.41, 5.74) is 8.58. The second kappa shape index (κ2) is 15.2. The van der Waals surface area contributed by atoms with Gasteiger partial charge in [0.2, 0.25) is 0 Å². The van der Waals surface area contributed by atoms with Crippen LogP contribution in [0.3, 0.4) is 0 Å². The van der Waals surface area contributed by atoms with Crippen LogP contribution in [0.5, 0.6) is 0 Å². The maximum Gasteiger partial charge on any atom is 0.166 e. The van der Waals surface area contributed by atoms with Gasteiger partial charge >= 0.3 is 0 Å². The van der Waals surface area contributed by atoms with E-state index in [1.54, 1.807) is 0 Å². The van der Waals surface area contributed by atoms with Crippen molar-refractivity contribution in [2.24, 2.45) is 0 Å². The molecule has 0 atom stereocenters. The fourth-order valence-corrected chi connectivity index (χ4v) is 10.3. The number of pyridine rings is 2. The summed E-state index contributed by atoms with van der Waals surface area (Å²) in [6.45, 7) is 0. The maximum absolute atomic E-state index is 5.51. The molecule has 14 rings (SSSR count). The zero-order valence-electron chi connectivity index (χ0n) is 36.6. The number of nitrogens with zero attached hydrogens (tertiary/aromatic N) is 5. The Labute approximate surface area is 390 Å². The van der Waals surface area contributed by atoms with Crippen LogP contribution in [0.1, 0.15) is 0 Å². The monoisotopic (exact) mass is 863 g/mol. The predicted molar refractivity (Wildman–Crippen MR) is 283 cm³/mol. The minimum Gasteiger partial charge on any atom is -0.255 e. The van der Waals surface area contributed by atoms with Gasteiger partial charge in [0.15, 0.2) is 17.5 Å². The predicted octanol–water partition coefficient (Wildman–Crippen LogP) is 16.2. The standard InChI is InChI=1S/C63H37N5/c1-3-13-40-29-50-31-44(23-21-42(50)27-38(40)11-1)52-35-53(45-24-22-43-28-39-12-2-4-14-41(39)30-51(43)32-45)37-54(36-52)61-66-62(57-55-19-7-5-15-46(55)33-48-17-9-25-64-59(48)57)68-63(67-61)58-56-20-8-6-16-47(56)34-49-18-10-26-65-60(49)58/h1-37H. The Hall–Kier alpha value is -9.19. The molecule has 0 saturated carbocycles. The van der Waals surface area contributed by atoms with Crippen molar-refractivity contribution in [3.05, 3.63) is 225 Å². The lowest BCUT2D eigenvalue weighted by molar-refractivity contribution is 1.08. The number of fused-ring (bicyclic) bond motifs is 8. The molecule has 0 saturated heterocycles. The Morgan fingerprint density at radius 3 is 1.04 bits per heavy atom. The van der Waals surface area contributed by atoms with Gasteiger partial charge < -0.3 is 0 Å². The van der Waals surface area contributed by atoms with Gasteiger partial charge in [0.1, 0.15) is 0 Å². The molecule has 5 heteroatoms. The third-order valence-corrected chi connectivity index (χ3v) is 13.6. The molecule has 0 unspecified atom stereocenters. The Morgan fingerprint density at radius 2 is 0.574 bits per heavy atom. The van der Waals surface area contributed by atoms with Gasteiger partial charge in [-0.2, -0.15) is 0 Å². The van der Waals surface area contributed by atoms with Crippen LogP contribution in [0.4, 0.5) is 0 Å². The van der Waals surface area contributed by atoms with Crippen LogP contribution in [0.15, 0.2) is 225 Å². The molecule has 11 aromatic carbocycles. The van der Waals surface area contributed by atoms with E-state index >= 15 is 0 Å².